The summed E-state index contributed by atoms with van der Waals surface area (Å²) in [6, 6.07) is 0.542. The molecule has 0 aliphatic carbocycles. The Kier molecular flexibility index (Phi) is 8.27. The Morgan fingerprint density at radius 3 is 2.88 bits per heavy atom. The number of ether oxygens (including phenoxy) is 1. The zero-order valence-electron chi connectivity index (χ0n) is 11.6. The van der Waals surface area contributed by atoms with E-state index >= 15 is 0 Å². The fraction of sp³-hybridized carbons (Fsp3) is 1.00. The standard InChI is InChI=1S/C13H28N2OS/c1-4-14-10-12(11-16-2)15-8-5-6-13(17-3)7-9-15/h12-14H,4-11H2,1-3H3. The van der Waals surface area contributed by atoms with E-state index < -0.39 is 0 Å². The van der Waals surface area contributed by atoms with Gasteiger partial charge in [-0.05, 0) is 45.2 Å². The maximum absolute atomic E-state index is 5.36. The predicted octanol–water partition coefficient (Wildman–Crippen LogP) is 1.83. The van der Waals surface area contributed by atoms with Crippen LogP contribution < -0.4 is 5.32 Å². The van der Waals surface area contributed by atoms with E-state index in [0.29, 0.717) is 6.04 Å². The predicted molar refractivity (Wildman–Crippen MR) is 76.9 cm³/mol. The molecule has 4 heteroatoms. The van der Waals surface area contributed by atoms with Gasteiger partial charge in [0.15, 0.2) is 0 Å². The molecule has 0 bridgehead atoms. The maximum atomic E-state index is 5.36. The molecule has 1 rings (SSSR count). The molecule has 0 aromatic carbocycles. The van der Waals surface area contributed by atoms with E-state index in [4.69, 9.17) is 4.74 Å². The molecule has 1 N–H and O–H groups in total. The van der Waals surface area contributed by atoms with Crippen LogP contribution in [0.3, 0.4) is 0 Å². The molecule has 1 aliphatic rings. The van der Waals surface area contributed by atoms with E-state index in [1.54, 1.807) is 0 Å². The molecule has 0 radical (unpaired) electrons. The molecule has 1 aliphatic heterocycles. The number of likely N-dealkylation sites (N-methyl/N-ethyl adjacent to an activating group) is 1. The van der Waals surface area contributed by atoms with Gasteiger partial charge in [0, 0.05) is 24.9 Å². The second-order valence-corrected chi connectivity index (χ2v) is 5.88. The van der Waals surface area contributed by atoms with Crippen molar-refractivity contribution in [2.24, 2.45) is 0 Å². The molecule has 1 fully saturated rings. The van der Waals surface area contributed by atoms with Crippen molar-refractivity contribution in [1.29, 1.82) is 0 Å². The van der Waals surface area contributed by atoms with E-state index in [1.807, 2.05) is 18.9 Å². The number of likely N-dealkylation sites (tertiary alicyclic amines) is 1. The summed E-state index contributed by atoms with van der Waals surface area (Å²) in [4.78, 5) is 2.61. The Labute approximate surface area is 111 Å². The molecule has 0 amide bonds. The van der Waals surface area contributed by atoms with Crippen molar-refractivity contribution in [1.82, 2.24) is 10.2 Å². The highest BCUT2D eigenvalue weighted by molar-refractivity contribution is 7.99. The van der Waals surface area contributed by atoms with Crippen molar-refractivity contribution < 1.29 is 4.74 Å². The molecule has 1 saturated heterocycles. The Morgan fingerprint density at radius 2 is 2.24 bits per heavy atom. The number of rotatable bonds is 7. The van der Waals surface area contributed by atoms with Gasteiger partial charge in [-0.25, -0.2) is 0 Å². The minimum atomic E-state index is 0.542. The largest absolute Gasteiger partial charge is 0.383 e. The highest BCUT2D eigenvalue weighted by Gasteiger charge is 2.22. The molecule has 3 nitrogen and oxygen atoms in total. The molecule has 0 saturated carbocycles. The molecule has 0 spiro atoms. The topological polar surface area (TPSA) is 24.5 Å². The van der Waals surface area contributed by atoms with E-state index in [-0.39, 0.29) is 0 Å². The van der Waals surface area contributed by atoms with Crippen molar-refractivity contribution in [3.63, 3.8) is 0 Å². The van der Waals surface area contributed by atoms with Gasteiger partial charge in [0.1, 0.15) is 0 Å². The summed E-state index contributed by atoms with van der Waals surface area (Å²) in [5.41, 5.74) is 0. The summed E-state index contributed by atoms with van der Waals surface area (Å²) in [7, 11) is 1.81. The van der Waals surface area contributed by atoms with Gasteiger partial charge in [0.05, 0.1) is 6.61 Å². The second kappa shape index (κ2) is 9.20. The smallest absolute Gasteiger partial charge is 0.0630 e. The Hall–Kier alpha value is 0.230. The fourth-order valence-electron chi connectivity index (χ4n) is 2.49. The molecular formula is C13H28N2OS. The fourth-order valence-corrected chi connectivity index (χ4v) is 3.23. The summed E-state index contributed by atoms with van der Waals surface area (Å²) < 4.78 is 5.36. The Bertz CT molecular complexity index is 192. The van der Waals surface area contributed by atoms with E-state index in [2.05, 4.69) is 23.4 Å². The monoisotopic (exact) mass is 260 g/mol. The lowest BCUT2D eigenvalue weighted by atomic mass is 10.2. The summed E-state index contributed by atoms with van der Waals surface area (Å²) in [6.45, 7) is 7.56. The van der Waals surface area contributed by atoms with Crippen molar-refractivity contribution in [2.45, 2.75) is 37.5 Å². The third kappa shape index (κ3) is 5.60. The highest BCUT2D eigenvalue weighted by atomic mass is 32.2. The lowest BCUT2D eigenvalue weighted by molar-refractivity contribution is 0.0916. The maximum Gasteiger partial charge on any atom is 0.0630 e. The van der Waals surface area contributed by atoms with Gasteiger partial charge < -0.3 is 10.1 Å². The highest BCUT2D eigenvalue weighted by Crippen LogP contribution is 2.22. The number of nitrogens with zero attached hydrogens (tertiary/aromatic N) is 1. The minimum absolute atomic E-state index is 0.542. The summed E-state index contributed by atoms with van der Waals surface area (Å²) >= 11 is 2.03. The summed E-state index contributed by atoms with van der Waals surface area (Å²) in [5, 5.41) is 4.31. The SMILES string of the molecule is CCNCC(COC)N1CCCC(SC)CC1. The number of hydrogen-bond acceptors (Lipinski definition) is 4. The van der Waals surface area contributed by atoms with Gasteiger partial charge in [-0.1, -0.05) is 6.92 Å². The molecule has 2 unspecified atom stereocenters. The first kappa shape index (κ1) is 15.3. The number of thioether (sulfide) groups is 1. The number of nitrogens with one attached hydrogen (secondary N) is 1. The summed E-state index contributed by atoms with van der Waals surface area (Å²) in [6.07, 6.45) is 6.27. The second-order valence-electron chi connectivity index (χ2n) is 4.74. The minimum Gasteiger partial charge on any atom is -0.383 e. The van der Waals surface area contributed by atoms with E-state index in [0.717, 1.165) is 24.9 Å². The third-order valence-corrected chi connectivity index (χ3v) is 4.69. The molecule has 1 heterocycles. The van der Waals surface area contributed by atoms with Gasteiger partial charge in [0.2, 0.25) is 0 Å². The average Bonchev–Trinajstić information content (AvgIpc) is 2.59. The quantitative estimate of drug-likeness (QED) is 0.755. The average molecular weight is 260 g/mol. The molecule has 102 valence electrons. The first-order valence-electron chi connectivity index (χ1n) is 6.78. The molecule has 0 aromatic rings. The number of hydrogen-bond donors (Lipinski definition) is 1. The zero-order chi connectivity index (χ0) is 12.5. The van der Waals surface area contributed by atoms with Crippen molar-refractivity contribution in [2.75, 3.05) is 46.2 Å². The first-order chi connectivity index (χ1) is 8.31. The van der Waals surface area contributed by atoms with Gasteiger partial charge >= 0.3 is 0 Å². The summed E-state index contributed by atoms with van der Waals surface area (Å²) in [5.74, 6) is 0. The van der Waals surface area contributed by atoms with Crippen LogP contribution in [0.25, 0.3) is 0 Å². The van der Waals surface area contributed by atoms with Gasteiger partial charge in [-0.15, -0.1) is 0 Å². The molecule has 2 atom stereocenters. The van der Waals surface area contributed by atoms with Crippen LogP contribution in [-0.2, 0) is 4.74 Å². The third-order valence-electron chi connectivity index (χ3n) is 3.55. The Morgan fingerprint density at radius 1 is 1.41 bits per heavy atom. The van der Waals surface area contributed by atoms with Crippen LogP contribution in [0.2, 0.25) is 0 Å². The lowest BCUT2D eigenvalue weighted by Gasteiger charge is -2.30. The normalized spacial score (nSPS) is 24.5. The lowest BCUT2D eigenvalue weighted by Crippen LogP contribution is -2.45. The molecular weight excluding hydrogens is 232 g/mol. The Balaban J connectivity index is 2.42. The van der Waals surface area contributed by atoms with Crippen LogP contribution in [0.5, 0.6) is 0 Å². The van der Waals surface area contributed by atoms with Crippen LogP contribution in [0.4, 0.5) is 0 Å². The zero-order valence-corrected chi connectivity index (χ0v) is 12.4. The van der Waals surface area contributed by atoms with Crippen LogP contribution in [0, 0.1) is 0 Å². The molecule has 0 aromatic heterocycles. The van der Waals surface area contributed by atoms with Crippen LogP contribution >= 0.6 is 11.8 Å². The van der Waals surface area contributed by atoms with Gasteiger partial charge in [-0.2, -0.15) is 11.8 Å². The van der Waals surface area contributed by atoms with Gasteiger partial charge in [-0.3, -0.25) is 4.90 Å². The van der Waals surface area contributed by atoms with Crippen molar-refractivity contribution in [3.8, 4) is 0 Å². The van der Waals surface area contributed by atoms with Crippen LogP contribution in [-0.4, -0.2) is 62.3 Å². The van der Waals surface area contributed by atoms with Crippen LogP contribution in [0.1, 0.15) is 26.2 Å². The van der Waals surface area contributed by atoms with E-state index in [9.17, 15) is 0 Å². The van der Waals surface area contributed by atoms with Crippen molar-refractivity contribution in [3.05, 3.63) is 0 Å². The van der Waals surface area contributed by atoms with E-state index in [1.165, 1.54) is 32.4 Å². The van der Waals surface area contributed by atoms with Crippen molar-refractivity contribution >= 4 is 11.8 Å². The van der Waals surface area contributed by atoms with Crippen LogP contribution in [0.15, 0.2) is 0 Å². The first-order valence-corrected chi connectivity index (χ1v) is 8.07. The van der Waals surface area contributed by atoms with Gasteiger partial charge in [0.25, 0.3) is 0 Å². The number of methoxy groups -OCH3 is 1. The molecule has 17 heavy (non-hydrogen) atoms.